The van der Waals surface area contributed by atoms with Gasteiger partial charge in [0, 0.05) is 37.9 Å². The fraction of sp³-hybridized carbons (Fsp3) is 0.226. The number of nitrogens with one attached hydrogen (secondary N) is 2. The van der Waals surface area contributed by atoms with Crippen molar-refractivity contribution in [3.63, 3.8) is 0 Å². The lowest BCUT2D eigenvalue weighted by Gasteiger charge is -2.19. The molecule has 0 bridgehead atoms. The molecule has 0 aliphatic carbocycles. The number of nitrogens with zero attached hydrogens (tertiary/aromatic N) is 5. The zero-order chi connectivity index (χ0) is 31.4. The van der Waals surface area contributed by atoms with Crippen LogP contribution in [-0.4, -0.2) is 61.4 Å². The van der Waals surface area contributed by atoms with E-state index < -0.39 is 9.84 Å². The van der Waals surface area contributed by atoms with Gasteiger partial charge in [0.1, 0.15) is 5.82 Å². The van der Waals surface area contributed by atoms with E-state index in [0.717, 1.165) is 22.5 Å². The van der Waals surface area contributed by atoms with Gasteiger partial charge in [0.15, 0.2) is 21.3 Å². The molecule has 0 aliphatic heterocycles. The van der Waals surface area contributed by atoms with Crippen LogP contribution in [0.15, 0.2) is 72.9 Å². The molecule has 13 heteroatoms. The van der Waals surface area contributed by atoms with Crippen LogP contribution >= 0.6 is 0 Å². The molecule has 228 valence electrons. The Balaban J connectivity index is 1.29. The predicted octanol–water partition coefficient (Wildman–Crippen LogP) is 4.62. The molecule has 0 fully saturated rings. The van der Waals surface area contributed by atoms with Crippen molar-refractivity contribution in [2.45, 2.75) is 12.2 Å². The molecular formula is C31H33N7O5S. The summed E-state index contributed by atoms with van der Waals surface area (Å²) in [4.78, 5) is 28.4. The molecule has 2 N–H and O–H groups in total. The van der Waals surface area contributed by atoms with Crippen LogP contribution in [0.3, 0.4) is 0 Å². The molecule has 0 radical (unpaired) electrons. The van der Waals surface area contributed by atoms with Gasteiger partial charge in [-0.1, -0.05) is 18.2 Å². The van der Waals surface area contributed by atoms with Crippen LogP contribution in [0.25, 0.3) is 11.0 Å². The molecule has 0 atom stereocenters. The second kappa shape index (κ2) is 12.6. The summed E-state index contributed by atoms with van der Waals surface area (Å²) in [5.74, 6) is 2.40. The zero-order valence-corrected chi connectivity index (χ0v) is 25.8. The van der Waals surface area contributed by atoms with Crippen molar-refractivity contribution in [1.82, 2.24) is 19.5 Å². The number of rotatable bonds is 11. The fourth-order valence-electron chi connectivity index (χ4n) is 4.70. The van der Waals surface area contributed by atoms with Gasteiger partial charge < -0.3 is 24.3 Å². The third kappa shape index (κ3) is 7.06. The average molecular weight is 616 g/mol. The molecule has 1 amide bonds. The molecule has 0 saturated heterocycles. The maximum Gasteiger partial charge on any atom is 0.231 e. The van der Waals surface area contributed by atoms with Gasteiger partial charge in [-0.05, 0) is 59.7 Å². The van der Waals surface area contributed by atoms with E-state index in [-0.39, 0.29) is 18.1 Å². The van der Waals surface area contributed by atoms with Crippen molar-refractivity contribution in [3.05, 3.63) is 84.1 Å². The number of aromatic nitrogens is 4. The van der Waals surface area contributed by atoms with Crippen LogP contribution < -0.4 is 25.0 Å². The van der Waals surface area contributed by atoms with Gasteiger partial charge in [0.2, 0.25) is 17.8 Å². The van der Waals surface area contributed by atoms with Gasteiger partial charge >= 0.3 is 0 Å². The van der Waals surface area contributed by atoms with Crippen molar-refractivity contribution >= 4 is 55.9 Å². The Bertz CT molecular complexity index is 1920. The van der Waals surface area contributed by atoms with Gasteiger partial charge in [0.05, 0.1) is 37.4 Å². The molecule has 5 aromatic rings. The largest absolute Gasteiger partial charge is 0.493 e. The molecule has 12 nitrogen and oxygen atoms in total. The Morgan fingerprint density at radius 3 is 2.36 bits per heavy atom. The first kappa shape index (κ1) is 30.3. The van der Waals surface area contributed by atoms with Gasteiger partial charge in [-0.3, -0.25) is 10.1 Å². The summed E-state index contributed by atoms with van der Waals surface area (Å²) in [6, 6.07) is 20.1. The summed E-state index contributed by atoms with van der Waals surface area (Å²) in [5.41, 5.74) is 4.63. The minimum absolute atomic E-state index is 0.0160. The summed E-state index contributed by atoms with van der Waals surface area (Å²) in [5, 5.41) is 6.07. The van der Waals surface area contributed by atoms with E-state index in [2.05, 4.69) is 25.6 Å². The number of sulfone groups is 1. The second-order valence-corrected chi connectivity index (χ2v) is 12.4. The Kier molecular flexibility index (Phi) is 8.67. The number of fused-ring (bicyclic) bond motifs is 1. The first-order valence-corrected chi connectivity index (χ1v) is 15.7. The summed E-state index contributed by atoms with van der Waals surface area (Å²) >= 11 is 0. The smallest absolute Gasteiger partial charge is 0.231 e. The Hall–Kier alpha value is -5.17. The highest BCUT2D eigenvalue weighted by molar-refractivity contribution is 7.89. The van der Waals surface area contributed by atoms with Crippen LogP contribution in [0.2, 0.25) is 0 Å². The van der Waals surface area contributed by atoms with E-state index in [1.165, 1.54) is 6.26 Å². The molecule has 2 heterocycles. The highest BCUT2D eigenvalue weighted by Gasteiger charge is 2.15. The molecule has 0 spiro atoms. The Morgan fingerprint density at radius 2 is 1.66 bits per heavy atom. The van der Waals surface area contributed by atoms with Crippen molar-refractivity contribution in [1.29, 1.82) is 0 Å². The van der Waals surface area contributed by atoms with Crippen LogP contribution in [0.1, 0.15) is 11.1 Å². The number of amides is 1. The summed E-state index contributed by atoms with van der Waals surface area (Å²) in [6.07, 6.45) is 3.01. The maximum absolute atomic E-state index is 12.9. The molecular weight excluding hydrogens is 582 g/mol. The van der Waals surface area contributed by atoms with E-state index in [1.54, 1.807) is 62.9 Å². The second-order valence-electron chi connectivity index (χ2n) is 10.3. The lowest BCUT2D eigenvalue weighted by atomic mass is 10.1. The first-order chi connectivity index (χ1) is 21.0. The van der Waals surface area contributed by atoms with Crippen molar-refractivity contribution in [2.24, 2.45) is 7.05 Å². The number of hydrogen-bond acceptors (Lipinski definition) is 10. The summed E-state index contributed by atoms with van der Waals surface area (Å²) in [6.45, 7) is 0. The zero-order valence-electron chi connectivity index (χ0n) is 25.0. The molecule has 5 rings (SSSR count). The van der Waals surface area contributed by atoms with Gasteiger partial charge in [0.25, 0.3) is 0 Å². The molecule has 2 aromatic heterocycles. The monoisotopic (exact) mass is 615 g/mol. The number of imidazole rings is 1. The predicted molar refractivity (Wildman–Crippen MR) is 171 cm³/mol. The number of carbonyl (C=O) groups excluding carboxylic acids is 1. The Labute approximate surface area is 255 Å². The van der Waals surface area contributed by atoms with E-state index in [0.29, 0.717) is 40.3 Å². The number of aryl methyl sites for hydroxylation is 1. The van der Waals surface area contributed by atoms with Crippen molar-refractivity contribution in [2.75, 3.05) is 43.1 Å². The fourth-order valence-corrected chi connectivity index (χ4v) is 5.50. The number of hydrogen-bond donors (Lipinski definition) is 2. The van der Waals surface area contributed by atoms with E-state index in [4.69, 9.17) is 9.47 Å². The van der Waals surface area contributed by atoms with E-state index in [1.807, 2.05) is 47.8 Å². The van der Waals surface area contributed by atoms with Gasteiger partial charge in [-0.2, -0.15) is 4.98 Å². The van der Waals surface area contributed by atoms with E-state index >= 15 is 0 Å². The number of benzene rings is 3. The topological polar surface area (TPSA) is 141 Å². The minimum atomic E-state index is -3.11. The van der Waals surface area contributed by atoms with Gasteiger partial charge in [-0.25, -0.2) is 18.4 Å². The van der Waals surface area contributed by atoms with Crippen LogP contribution in [0, 0.1) is 0 Å². The molecule has 0 aliphatic rings. The minimum Gasteiger partial charge on any atom is -0.493 e. The third-order valence-electron chi connectivity index (χ3n) is 6.94. The molecule has 3 aromatic carbocycles. The highest BCUT2D eigenvalue weighted by atomic mass is 32.2. The Morgan fingerprint density at radius 1 is 0.932 bits per heavy atom. The first-order valence-electron chi connectivity index (χ1n) is 13.6. The summed E-state index contributed by atoms with van der Waals surface area (Å²) in [7, 11) is 3.75. The number of anilines is 5. The van der Waals surface area contributed by atoms with Gasteiger partial charge in [-0.15, -0.1) is 0 Å². The number of ether oxygens (including phenoxy) is 2. The van der Waals surface area contributed by atoms with Crippen LogP contribution in [0.5, 0.6) is 11.5 Å². The normalized spacial score (nSPS) is 11.3. The summed E-state index contributed by atoms with van der Waals surface area (Å²) < 4.78 is 35.6. The standard InChI is InChI=1S/C31H33N7O5S/c1-37(28-14-15-32-30(35-28)33-22-9-6-20(7-10-22)19-44(5,40)41)23-11-12-25-24(18-23)34-31(38(25)2)36-29(39)17-21-8-13-26(42-3)27(16-21)43-4/h6-16,18H,17,19H2,1-5H3,(H,32,33,35)(H,34,36,39). The van der Waals surface area contributed by atoms with Crippen LogP contribution in [0.4, 0.5) is 29.1 Å². The number of carbonyl (C=O) groups is 1. The lowest BCUT2D eigenvalue weighted by molar-refractivity contribution is -0.115. The maximum atomic E-state index is 12.9. The molecule has 44 heavy (non-hydrogen) atoms. The third-order valence-corrected chi connectivity index (χ3v) is 7.80. The average Bonchev–Trinajstić information content (AvgIpc) is 3.30. The van der Waals surface area contributed by atoms with E-state index in [9.17, 15) is 13.2 Å². The molecule has 0 saturated carbocycles. The molecule has 0 unspecified atom stereocenters. The van der Waals surface area contributed by atoms with Crippen molar-refractivity contribution in [3.8, 4) is 11.5 Å². The van der Waals surface area contributed by atoms with Crippen molar-refractivity contribution < 1.29 is 22.7 Å². The quantitative estimate of drug-likeness (QED) is 0.216. The highest BCUT2D eigenvalue weighted by Crippen LogP contribution is 2.29. The number of methoxy groups -OCH3 is 2. The van der Waals surface area contributed by atoms with Crippen LogP contribution in [-0.2, 0) is 33.9 Å². The lowest BCUT2D eigenvalue weighted by Crippen LogP contribution is -2.17. The SMILES string of the molecule is COc1ccc(CC(=O)Nc2nc3cc(N(C)c4ccnc(Nc5ccc(CS(C)(=O)=O)cc5)n4)ccc3n2C)cc1OC.